The highest BCUT2D eigenvalue weighted by Gasteiger charge is 2.16. The molecule has 1 aromatic rings. The average Bonchev–Trinajstić information content (AvgIpc) is 2.40. The number of carbonyl (C=O) groups is 2. The minimum atomic E-state index is -0.705. The van der Waals surface area contributed by atoms with E-state index in [1.54, 1.807) is 0 Å². The quantitative estimate of drug-likeness (QED) is 0.491. The van der Waals surface area contributed by atoms with E-state index in [2.05, 4.69) is 10.7 Å². The van der Waals surface area contributed by atoms with E-state index in [4.69, 9.17) is 12.2 Å². The van der Waals surface area contributed by atoms with Crippen LogP contribution in [0.4, 0.5) is 8.78 Å². The Morgan fingerprint density at radius 2 is 1.95 bits per heavy atom. The van der Waals surface area contributed by atoms with Crippen LogP contribution in [-0.4, -0.2) is 35.9 Å². The van der Waals surface area contributed by atoms with Crippen molar-refractivity contribution in [2.45, 2.75) is 6.42 Å². The smallest absolute Gasteiger partial charge is 0.247 e. The molecule has 20 heavy (non-hydrogen) atoms. The predicted molar refractivity (Wildman–Crippen MR) is 72.6 cm³/mol. The van der Waals surface area contributed by atoms with Crippen molar-refractivity contribution in [3.63, 3.8) is 0 Å². The molecule has 0 bridgehead atoms. The Morgan fingerprint density at radius 3 is 2.55 bits per heavy atom. The topological polar surface area (TPSA) is 61.4 Å². The van der Waals surface area contributed by atoms with Gasteiger partial charge in [0.2, 0.25) is 11.8 Å². The van der Waals surface area contributed by atoms with Gasteiger partial charge in [0.1, 0.15) is 23.0 Å². The number of rotatable bonds is 3. The molecular weight excluding hydrogens is 288 g/mol. The summed E-state index contributed by atoms with van der Waals surface area (Å²) in [6.45, 7) is 0. The molecule has 0 atom stereocenters. The van der Waals surface area contributed by atoms with Crippen molar-refractivity contribution in [2.75, 3.05) is 14.1 Å². The molecule has 0 aliphatic carbocycles. The van der Waals surface area contributed by atoms with Gasteiger partial charge in [0, 0.05) is 19.7 Å². The molecule has 108 valence electrons. The summed E-state index contributed by atoms with van der Waals surface area (Å²) in [6.07, 6.45) is -0.394. The highest BCUT2D eigenvalue weighted by atomic mass is 32.1. The molecule has 0 radical (unpaired) electrons. The van der Waals surface area contributed by atoms with E-state index in [1.165, 1.54) is 14.1 Å². The van der Waals surface area contributed by atoms with Crippen molar-refractivity contribution in [1.29, 1.82) is 0 Å². The second-order valence-corrected chi connectivity index (χ2v) is 4.26. The van der Waals surface area contributed by atoms with Crippen LogP contribution in [0.1, 0.15) is 12.0 Å². The van der Waals surface area contributed by atoms with Crippen molar-refractivity contribution in [3.8, 4) is 0 Å². The molecule has 0 unspecified atom stereocenters. The van der Waals surface area contributed by atoms with E-state index in [1.807, 2.05) is 0 Å². The molecule has 0 saturated heterocycles. The van der Waals surface area contributed by atoms with Crippen molar-refractivity contribution < 1.29 is 18.4 Å². The lowest BCUT2D eigenvalue weighted by Crippen LogP contribution is -2.44. The van der Waals surface area contributed by atoms with Crippen LogP contribution in [0.15, 0.2) is 18.2 Å². The largest absolute Gasteiger partial charge is 0.359 e. The molecule has 0 saturated carbocycles. The van der Waals surface area contributed by atoms with Crippen LogP contribution in [0.5, 0.6) is 0 Å². The van der Waals surface area contributed by atoms with Crippen LogP contribution >= 0.6 is 12.2 Å². The lowest BCUT2D eigenvalue weighted by molar-refractivity contribution is -0.130. The number of carbonyl (C=O) groups excluding carboxylic acids is 2. The summed E-state index contributed by atoms with van der Waals surface area (Å²) >= 11 is 4.95. The number of nitrogens with zero attached hydrogens (tertiary/aromatic N) is 1. The molecule has 8 heteroatoms. The zero-order valence-corrected chi connectivity index (χ0v) is 11.7. The summed E-state index contributed by atoms with van der Waals surface area (Å²) in [5.41, 5.74) is 2.14. The Labute approximate surface area is 119 Å². The molecule has 0 fully saturated rings. The first-order chi connectivity index (χ1) is 9.35. The maximum atomic E-state index is 13.5. The molecule has 2 amide bonds. The number of hydrazine groups is 1. The van der Waals surface area contributed by atoms with Crippen LogP contribution in [0, 0.1) is 11.6 Å². The van der Waals surface area contributed by atoms with E-state index in [0.29, 0.717) is 0 Å². The number of benzene rings is 1. The third kappa shape index (κ3) is 4.23. The zero-order valence-electron chi connectivity index (χ0n) is 10.9. The maximum Gasteiger partial charge on any atom is 0.247 e. The van der Waals surface area contributed by atoms with Gasteiger partial charge in [0.05, 0.1) is 0 Å². The maximum absolute atomic E-state index is 13.5. The van der Waals surface area contributed by atoms with Gasteiger partial charge in [-0.2, -0.15) is 0 Å². The van der Waals surface area contributed by atoms with Crippen LogP contribution in [-0.2, 0) is 9.59 Å². The van der Waals surface area contributed by atoms with Gasteiger partial charge in [0.25, 0.3) is 0 Å². The van der Waals surface area contributed by atoms with Gasteiger partial charge in [-0.05, 0) is 18.2 Å². The summed E-state index contributed by atoms with van der Waals surface area (Å²) in [7, 11) is 2.76. The fraction of sp³-hybridized carbons (Fsp3) is 0.250. The van der Waals surface area contributed by atoms with Gasteiger partial charge in [-0.1, -0.05) is 12.2 Å². The minimum Gasteiger partial charge on any atom is -0.359 e. The third-order valence-corrected chi connectivity index (χ3v) is 2.85. The molecule has 1 rings (SSSR count). The molecule has 0 aliphatic heterocycles. The number of amides is 2. The van der Waals surface area contributed by atoms with E-state index < -0.39 is 29.9 Å². The Bertz CT molecular complexity index is 552. The molecule has 5 nitrogen and oxygen atoms in total. The first kappa shape index (κ1) is 16.0. The molecule has 2 N–H and O–H groups in total. The van der Waals surface area contributed by atoms with Gasteiger partial charge in [-0.3, -0.25) is 20.0 Å². The van der Waals surface area contributed by atoms with Crippen LogP contribution < -0.4 is 10.7 Å². The van der Waals surface area contributed by atoms with Crippen molar-refractivity contribution in [1.82, 2.24) is 15.8 Å². The Balaban J connectivity index is 2.74. The molecule has 0 aromatic heterocycles. The van der Waals surface area contributed by atoms with Gasteiger partial charge >= 0.3 is 0 Å². The number of nitrogens with one attached hydrogen (secondary N) is 2. The predicted octanol–water partition coefficient (Wildman–Crippen LogP) is 0.739. The standard InChI is InChI=1S/C12H13F2N3O2S/c1-15-10(18)6-11(19)16-17(2)12(20)8-5-7(13)3-4-9(8)14/h3-5H,6H2,1-2H3,(H,15,18)(H,16,19). The van der Waals surface area contributed by atoms with Gasteiger partial charge in [-0.25, -0.2) is 8.78 Å². The molecule has 0 heterocycles. The third-order valence-electron chi connectivity index (χ3n) is 2.36. The van der Waals surface area contributed by atoms with Crippen LogP contribution in [0.25, 0.3) is 0 Å². The lowest BCUT2D eigenvalue weighted by Gasteiger charge is -2.21. The monoisotopic (exact) mass is 301 g/mol. The van der Waals surface area contributed by atoms with E-state index in [0.717, 1.165) is 23.2 Å². The highest BCUT2D eigenvalue weighted by molar-refractivity contribution is 7.80. The molecule has 1 aromatic carbocycles. The molecule has 0 aliphatic rings. The Morgan fingerprint density at radius 1 is 1.30 bits per heavy atom. The second kappa shape index (κ2) is 6.90. The van der Waals surface area contributed by atoms with E-state index >= 15 is 0 Å². The average molecular weight is 301 g/mol. The number of thiocarbonyl (C=S) groups is 1. The number of hydrogen-bond donors (Lipinski definition) is 2. The highest BCUT2D eigenvalue weighted by Crippen LogP contribution is 2.12. The van der Waals surface area contributed by atoms with Gasteiger partial charge < -0.3 is 5.32 Å². The summed E-state index contributed by atoms with van der Waals surface area (Å²) in [4.78, 5) is 22.4. The fourth-order valence-corrected chi connectivity index (χ4v) is 1.56. The summed E-state index contributed by atoms with van der Waals surface area (Å²) in [6, 6.07) is 2.84. The van der Waals surface area contributed by atoms with Gasteiger partial charge in [0.15, 0.2) is 0 Å². The van der Waals surface area contributed by atoms with Gasteiger partial charge in [-0.15, -0.1) is 0 Å². The molecular formula is C12H13F2N3O2S. The van der Waals surface area contributed by atoms with E-state index in [-0.39, 0.29) is 10.6 Å². The van der Waals surface area contributed by atoms with Crippen LogP contribution in [0.2, 0.25) is 0 Å². The normalized spacial score (nSPS) is 9.80. The zero-order chi connectivity index (χ0) is 15.3. The lowest BCUT2D eigenvalue weighted by atomic mass is 10.2. The Hall–Kier alpha value is -2.09. The number of hydrogen-bond acceptors (Lipinski definition) is 3. The summed E-state index contributed by atoms with van der Waals surface area (Å²) in [5.74, 6) is -2.44. The molecule has 0 spiro atoms. The second-order valence-electron chi connectivity index (χ2n) is 3.87. The Kier molecular flexibility index (Phi) is 5.51. The van der Waals surface area contributed by atoms with Crippen molar-refractivity contribution in [3.05, 3.63) is 35.4 Å². The summed E-state index contributed by atoms with van der Waals surface area (Å²) < 4.78 is 26.6. The van der Waals surface area contributed by atoms with Crippen LogP contribution in [0.3, 0.4) is 0 Å². The first-order valence-electron chi connectivity index (χ1n) is 5.58. The first-order valence-corrected chi connectivity index (χ1v) is 5.99. The van der Waals surface area contributed by atoms with Crippen molar-refractivity contribution >= 4 is 29.0 Å². The van der Waals surface area contributed by atoms with Crippen molar-refractivity contribution in [2.24, 2.45) is 0 Å². The van der Waals surface area contributed by atoms with E-state index in [9.17, 15) is 18.4 Å². The SMILES string of the molecule is CNC(=O)CC(=O)NN(C)C(=S)c1cc(F)ccc1F. The summed E-state index contributed by atoms with van der Waals surface area (Å²) in [5, 5.41) is 3.34. The fourth-order valence-electron chi connectivity index (χ4n) is 1.35. The minimum absolute atomic E-state index is 0.104. The number of halogens is 2.